The molecule has 0 aliphatic carbocycles. The minimum Gasteiger partial charge on any atom is -0.474 e. The van der Waals surface area contributed by atoms with Crippen LogP contribution < -0.4 is 10.1 Å². The monoisotopic (exact) mass is 266 g/mol. The van der Waals surface area contributed by atoms with E-state index in [1.807, 2.05) is 0 Å². The molecule has 0 saturated carbocycles. The van der Waals surface area contributed by atoms with E-state index in [0.717, 1.165) is 0 Å². The lowest BCUT2D eigenvalue weighted by Crippen LogP contribution is -2.36. The molecule has 0 bridgehead atoms. The van der Waals surface area contributed by atoms with Gasteiger partial charge in [-0.05, 0) is 26.0 Å². The maximum Gasteiger partial charge on any atom is 0.310 e. The van der Waals surface area contributed by atoms with E-state index >= 15 is 0 Å². The van der Waals surface area contributed by atoms with Gasteiger partial charge in [-0.2, -0.15) is 0 Å². The van der Waals surface area contributed by atoms with Crippen molar-refractivity contribution in [3.63, 3.8) is 0 Å². The van der Waals surface area contributed by atoms with Gasteiger partial charge in [0.1, 0.15) is 6.29 Å². The third-order valence-electron chi connectivity index (χ3n) is 2.34. The highest BCUT2D eigenvalue weighted by molar-refractivity contribution is 5.81. The summed E-state index contributed by atoms with van der Waals surface area (Å²) in [7, 11) is 0. The second-order valence-electron chi connectivity index (χ2n) is 3.76. The maximum atomic E-state index is 11.5. The number of carbonyl (C=O) groups excluding carboxylic acids is 2. The number of carbonyl (C=O) groups is 2. The van der Waals surface area contributed by atoms with Crippen molar-refractivity contribution < 1.29 is 19.2 Å². The Bertz CT molecular complexity index is 501. The topological polar surface area (TPSA) is 98.5 Å². The first-order chi connectivity index (χ1) is 8.99. The Kier molecular flexibility index (Phi) is 4.99. The summed E-state index contributed by atoms with van der Waals surface area (Å²) in [5.41, 5.74) is -0.0505. The molecule has 1 atom stereocenters. The number of ether oxygens (including phenoxy) is 1. The summed E-state index contributed by atoms with van der Waals surface area (Å²) >= 11 is 0. The van der Waals surface area contributed by atoms with Crippen LogP contribution in [0.15, 0.2) is 18.2 Å². The number of nitrogens with one attached hydrogen (secondary N) is 1. The van der Waals surface area contributed by atoms with Crippen LogP contribution in [0.1, 0.15) is 24.2 Å². The highest BCUT2D eigenvalue weighted by Gasteiger charge is 2.21. The number of likely N-dealkylation sites (N-methyl/N-ethyl adjacent to an activating group) is 1. The lowest BCUT2D eigenvalue weighted by atomic mass is 10.2. The van der Waals surface area contributed by atoms with E-state index < -0.39 is 11.0 Å². The number of nitro benzene ring substituents is 1. The number of benzene rings is 1. The predicted molar refractivity (Wildman–Crippen MR) is 67.3 cm³/mol. The molecule has 1 aromatic carbocycles. The zero-order valence-electron chi connectivity index (χ0n) is 10.6. The van der Waals surface area contributed by atoms with Crippen molar-refractivity contribution in [1.82, 2.24) is 5.32 Å². The second kappa shape index (κ2) is 6.48. The molecule has 1 aromatic rings. The molecular weight excluding hydrogens is 252 g/mol. The zero-order chi connectivity index (χ0) is 14.4. The highest BCUT2D eigenvalue weighted by Crippen LogP contribution is 2.28. The van der Waals surface area contributed by atoms with Crippen LogP contribution in [-0.2, 0) is 4.79 Å². The van der Waals surface area contributed by atoms with Crippen molar-refractivity contribution in [2.24, 2.45) is 0 Å². The van der Waals surface area contributed by atoms with Crippen molar-refractivity contribution in [3.8, 4) is 5.75 Å². The molecule has 0 heterocycles. The second-order valence-corrected chi connectivity index (χ2v) is 3.76. The molecule has 1 amide bonds. The summed E-state index contributed by atoms with van der Waals surface area (Å²) in [6.07, 6.45) is -0.339. The van der Waals surface area contributed by atoms with Gasteiger partial charge in [-0.3, -0.25) is 19.7 Å². The first-order valence-electron chi connectivity index (χ1n) is 5.67. The van der Waals surface area contributed by atoms with Gasteiger partial charge in [0.2, 0.25) is 0 Å². The Hall–Kier alpha value is -2.44. The van der Waals surface area contributed by atoms with E-state index in [2.05, 4.69) is 5.32 Å². The predicted octanol–water partition coefficient (Wildman–Crippen LogP) is 1.31. The molecule has 0 fully saturated rings. The molecule has 7 heteroatoms. The molecule has 102 valence electrons. The number of rotatable bonds is 6. The summed E-state index contributed by atoms with van der Waals surface area (Å²) < 4.78 is 5.25. The van der Waals surface area contributed by atoms with E-state index in [1.165, 1.54) is 25.1 Å². The van der Waals surface area contributed by atoms with Gasteiger partial charge in [0, 0.05) is 18.2 Å². The minimum atomic E-state index is -0.888. The lowest BCUT2D eigenvalue weighted by molar-refractivity contribution is -0.386. The Morgan fingerprint density at radius 3 is 2.79 bits per heavy atom. The standard InChI is InChI=1S/C12H14N2O5/c1-3-13-12(16)8(2)19-11-6-9(7-15)4-5-10(11)14(17)18/h4-8H,3H2,1-2H3,(H,13,16). The molecule has 1 unspecified atom stereocenters. The van der Waals surface area contributed by atoms with Crippen LogP contribution in [0, 0.1) is 10.1 Å². The summed E-state index contributed by atoms with van der Waals surface area (Å²) in [4.78, 5) is 32.4. The fraction of sp³-hybridized carbons (Fsp3) is 0.333. The maximum absolute atomic E-state index is 11.5. The zero-order valence-corrected chi connectivity index (χ0v) is 10.6. The first kappa shape index (κ1) is 14.6. The molecule has 1 N–H and O–H groups in total. The Morgan fingerprint density at radius 1 is 1.58 bits per heavy atom. The van der Waals surface area contributed by atoms with Gasteiger partial charge in [0.25, 0.3) is 5.91 Å². The van der Waals surface area contributed by atoms with Crippen molar-refractivity contribution >= 4 is 17.9 Å². The largest absolute Gasteiger partial charge is 0.474 e. The van der Waals surface area contributed by atoms with E-state index in [-0.39, 0.29) is 22.9 Å². The summed E-state index contributed by atoms with van der Waals surface area (Å²) in [5.74, 6) is -0.485. The van der Waals surface area contributed by atoms with Crippen LogP contribution in [0.5, 0.6) is 5.75 Å². The van der Waals surface area contributed by atoms with Crippen LogP contribution in [0.2, 0.25) is 0 Å². The Balaban J connectivity index is 3.00. The molecular formula is C12H14N2O5. The van der Waals surface area contributed by atoms with Crippen LogP contribution >= 0.6 is 0 Å². The van der Waals surface area contributed by atoms with Gasteiger partial charge < -0.3 is 10.1 Å². The average Bonchev–Trinajstić information content (AvgIpc) is 2.38. The van der Waals surface area contributed by atoms with Crippen molar-refractivity contribution in [2.75, 3.05) is 6.54 Å². The molecule has 0 aliphatic rings. The fourth-order valence-electron chi connectivity index (χ4n) is 1.41. The third-order valence-corrected chi connectivity index (χ3v) is 2.34. The van der Waals surface area contributed by atoms with Crippen molar-refractivity contribution in [1.29, 1.82) is 0 Å². The summed E-state index contributed by atoms with van der Waals surface area (Å²) in [6, 6.07) is 3.72. The van der Waals surface area contributed by atoms with Crippen LogP contribution in [0.25, 0.3) is 0 Å². The van der Waals surface area contributed by atoms with Gasteiger partial charge in [-0.15, -0.1) is 0 Å². The average molecular weight is 266 g/mol. The lowest BCUT2D eigenvalue weighted by Gasteiger charge is -2.14. The van der Waals surface area contributed by atoms with Crippen LogP contribution in [0.3, 0.4) is 0 Å². The molecule has 19 heavy (non-hydrogen) atoms. The smallest absolute Gasteiger partial charge is 0.310 e. The SMILES string of the molecule is CCNC(=O)C(C)Oc1cc(C=O)ccc1[N+](=O)[O-]. The van der Waals surface area contributed by atoms with Gasteiger partial charge in [-0.1, -0.05) is 0 Å². The van der Waals surface area contributed by atoms with Crippen molar-refractivity contribution in [3.05, 3.63) is 33.9 Å². The summed E-state index contributed by atoms with van der Waals surface area (Å²) in [5, 5.41) is 13.4. The molecule has 0 radical (unpaired) electrons. The molecule has 0 saturated heterocycles. The Morgan fingerprint density at radius 2 is 2.26 bits per heavy atom. The van der Waals surface area contributed by atoms with E-state index in [4.69, 9.17) is 4.74 Å². The number of nitro groups is 1. The molecule has 0 aromatic heterocycles. The molecule has 0 aliphatic heterocycles. The summed E-state index contributed by atoms with van der Waals surface area (Å²) in [6.45, 7) is 3.66. The van der Waals surface area contributed by atoms with Gasteiger partial charge >= 0.3 is 5.69 Å². The van der Waals surface area contributed by atoms with Gasteiger partial charge in [-0.25, -0.2) is 0 Å². The van der Waals surface area contributed by atoms with E-state index in [0.29, 0.717) is 12.8 Å². The first-order valence-corrected chi connectivity index (χ1v) is 5.67. The quantitative estimate of drug-likeness (QED) is 0.475. The fourth-order valence-corrected chi connectivity index (χ4v) is 1.41. The molecule has 0 spiro atoms. The number of aldehydes is 1. The number of hydrogen-bond donors (Lipinski definition) is 1. The number of hydrogen-bond acceptors (Lipinski definition) is 5. The Labute approximate surface area is 109 Å². The van der Waals surface area contributed by atoms with Gasteiger partial charge in [0.15, 0.2) is 11.9 Å². The van der Waals surface area contributed by atoms with Gasteiger partial charge in [0.05, 0.1) is 4.92 Å². The van der Waals surface area contributed by atoms with E-state index in [1.54, 1.807) is 6.92 Å². The number of nitrogens with zero attached hydrogens (tertiary/aromatic N) is 1. The van der Waals surface area contributed by atoms with Crippen molar-refractivity contribution in [2.45, 2.75) is 20.0 Å². The molecule has 7 nitrogen and oxygen atoms in total. The van der Waals surface area contributed by atoms with E-state index in [9.17, 15) is 19.7 Å². The molecule has 1 rings (SSSR count). The van der Waals surface area contributed by atoms with Crippen LogP contribution in [0.4, 0.5) is 5.69 Å². The normalized spacial score (nSPS) is 11.5. The minimum absolute atomic E-state index is 0.103. The van der Waals surface area contributed by atoms with Crippen LogP contribution in [-0.4, -0.2) is 29.8 Å². The highest BCUT2D eigenvalue weighted by atomic mass is 16.6. The number of amides is 1. The third kappa shape index (κ3) is 3.77.